The number of likely N-dealkylation sites (N-methyl/N-ethyl adjacent to an activating group) is 2. The average Bonchev–Trinajstić information content (AvgIpc) is 3.32. The normalized spacial score (nSPS) is 18.5. The topological polar surface area (TPSA) is 88.6 Å². The average molecular weight is 431 g/mol. The highest BCUT2D eigenvalue weighted by atomic mass is 16.5. The summed E-state index contributed by atoms with van der Waals surface area (Å²) >= 11 is 0. The first-order chi connectivity index (χ1) is 15.5. The highest BCUT2D eigenvalue weighted by molar-refractivity contribution is 5.86. The number of benzene rings is 2. The minimum absolute atomic E-state index is 0.0609. The molecule has 2 N–H and O–H groups in total. The second-order valence-corrected chi connectivity index (χ2v) is 8.08. The van der Waals surface area contributed by atoms with Gasteiger partial charge in [0.2, 0.25) is 17.7 Å². The third-order valence-electron chi connectivity index (χ3n) is 5.95. The van der Waals surface area contributed by atoms with Gasteiger partial charge in [-0.3, -0.25) is 4.79 Å². The summed E-state index contributed by atoms with van der Waals surface area (Å²) in [5.74, 6) is 1.71. The fraction of sp³-hybridized carbons (Fsp3) is 0.292. The zero-order valence-electron chi connectivity index (χ0n) is 18.3. The molecular weight excluding hydrogens is 406 g/mol. The maximum atomic E-state index is 12.2. The molecule has 0 aliphatic carbocycles. The smallest absolute Gasteiger partial charge is 0.231 e. The van der Waals surface area contributed by atoms with Crippen molar-refractivity contribution in [3.8, 4) is 17.4 Å². The molecule has 8 heteroatoms. The third kappa shape index (κ3) is 3.68. The molecule has 1 aromatic heterocycles. The fourth-order valence-corrected chi connectivity index (χ4v) is 4.29. The van der Waals surface area contributed by atoms with Gasteiger partial charge in [0.15, 0.2) is 0 Å². The van der Waals surface area contributed by atoms with Crippen molar-refractivity contribution in [2.45, 2.75) is 25.4 Å². The highest BCUT2D eigenvalue weighted by Gasteiger charge is 2.36. The number of amides is 1. The van der Waals surface area contributed by atoms with Gasteiger partial charge in [-0.25, -0.2) is 4.98 Å². The Labute approximate surface area is 186 Å². The summed E-state index contributed by atoms with van der Waals surface area (Å²) in [5.41, 5.74) is 4.36. The van der Waals surface area contributed by atoms with Crippen molar-refractivity contribution >= 4 is 23.2 Å². The molecule has 1 amide bonds. The first-order valence-electron chi connectivity index (χ1n) is 10.7. The van der Waals surface area contributed by atoms with Gasteiger partial charge in [-0.2, -0.15) is 4.98 Å². The number of anilines is 3. The van der Waals surface area contributed by atoms with Gasteiger partial charge in [-0.15, -0.1) is 0 Å². The summed E-state index contributed by atoms with van der Waals surface area (Å²) in [5, 5.41) is 5.95. The minimum atomic E-state index is -0.328. The zero-order valence-corrected chi connectivity index (χ0v) is 18.3. The Morgan fingerprint density at radius 3 is 2.94 bits per heavy atom. The number of rotatable bonds is 5. The van der Waals surface area contributed by atoms with Crippen LogP contribution in [0.5, 0.6) is 17.4 Å². The van der Waals surface area contributed by atoms with Crippen LogP contribution in [0.2, 0.25) is 0 Å². The summed E-state index contributed by atoms with van der Waals surface area (Å²) in [6.45, 7) is 2.92. The van der Waals surface area contributed by atoms with Crippen molar-refractivity contribution in [1.29, 1.82) is 0 Å². The molecular formula is C24H25N5O3. The summed E-state index contributed by atoms with van der Waals surface area (Å²) in [6.07, 6.45) is 2.48. The van der Waals surface area contributed by atoms with Crippen LogP contribution in [-0.4, -0.2) is 42.6 Å². The van der Waals surface area contributed by atoms with E-state index in [9.17, 15) is 4.79 Å². The van der Waals surface area contributed by atoms with E-state index in [1.807, 2.05) is 25.1 Å². The van der Waals surface area contributed by atoms with Gasteiger partial charge in [0.25, 0.3) is 0 Å². The largest absolute Gasteiger partial charge is 0.489 e. The molecule has 32 heavy (non-hydrogen) atoms. The van der Waals surface area contributed by atoms with E-state index in [1.54, 1.807) is 25.4 Å². The monoisotopic (exact) mass is 431 g/mol. The van der Waals surface area contributed by atoms with Crippen LogP contribution in [0, 0.1) is 0 Å². The number of carbonyl (C=O) groups excluding carboxylic acids is 1. The van der Waals surface area contributed by atoms with Crippen LogP contribution in [0.1, 0.15) is 24.0 Å². The number of nitrogens with one attached hydrogen (secondary N) is 2. The predicted molar refractivity (Wildman–Crippen MR) is 122 cm³/mol. The SMILES string of the molecule is CNC(=O)C1c2ccc(Oc3ccnc(Nc4ccc5c(c4)N(C)CC5)n3)cc2OC1C. The number of carbonyl (C=O) groups is 1. The van der Waals surface area contributed by atoms with Crippen molar-refractivity contribution in [2.24, 2.45) is 0 Å². The van der Waals surface area contributed by atoms with E-state index in [1.165, 1.54) is 11.3 Å². The summed E-state index contributed by atoms with van der Waals surface area (Å²) in [6, 6.07) is 13.5. The lowest BCUT2D eigenvalue weighted by Crippen LogP contribution is -2.31. The van der Waals surface area contributed by atoms with Gasteiger partial charge in [-0.05, 0) is 37.1 Å². The summed E-state index contributed by atoms with van der Waals surface area (Å²) in [4.78, 5) is 23.2. The van der Waals surface area contributed by atoms with Gasteiger partial charge in [0.05, 0.1) is 0 Å². The number of ether oxygens (including phenoxy) is 2. The Bertz CT molecular complexity index is 1180. The lowest BCUT2D eigenvalue weighted by atomic mass is 9.95. The molecule has 2 unspecified atom stereocenters. The Morgan fingerprint density at radius 2 is 2.09 bits per heavy atom. The minimum Gasteiger partial charge on any atom is -0.489 e. The molecule has 0 fully saturated rings. The van der Waals surface area contributed by atoms with E-state index in [4.69, 9.17) is 9.47 Å². The molecule has 2 aliphatic heterocycles. The number of aromatic nitrogens is 2. The van der Waals surface area contributed by atoms with E-state index < -0.39 is 0 Å². The molecule has 3 heterocycles. The molecule has 2 atom stereocenters. The first-order valence-corrected chi connectivity index (χ1v) is 10.7. The second kappa shape index (κ2) is 8.03. The van der Waals surface area contributed by atoms with E-state index in [0.29, 0.717) is 23.3 Å². The highest BCUT2D eigenvalue weighted by Crippen LogP contribution is 2.41. The molecule has 2 aromatic carbocycles. The Balaban J connectivity index is 1.32. The van der Waals surface area contributed by atoms with Gasteiger partial charge >= 0.3 is 0 Å². The molecule has 8 nitrogen and oxygen atoms in total. The molecule has 0 spiro atoms. The van der Waals surface area contributed by atoms with Crippen LogP contribution in [0.15, 0.2) is 48.7 Å². The third-order valence-corrected chi connectivity index (χ3v) is 5.95. The summed E-state index contributed by atoms with van der Waals surface area (Å²) < 4.78 is 11.8. The van der Waals surface area contributed by atoms with E-state index >= 15 is 0 Å². The number of fused-ring (bicyclic) bond motifs is 2. The first kappa shape index (κ1) is 20.1. The molecule has 0 saturated carbocycles. The quantitative estimate of drug-likeness (QED) is 0.638. The van der Waals surface area contributed by atoms with Crippen LogP contribution in [0.3, 0.4) is 0 Å². The van der Waals surface area contributed by atoms with Crippen LogP contribution in [0.25, 0.3) is 0 Å². The molecule has 3 aromatic rings. The van der Waals surface area contributed by atoms with E-state index in [-0.39, 0.29) is 17.9 Å². The van der Waals surface area contributed by atoms with Crippen molar-refractivity contribution < 1.29 is 14.3 Å². The fourth-order valence-electron chi connectivity index (χ4n) is 4.29. The standard InChI is InChI=1S/C24H25N5O3/c1-14-22(23(30)25-2)18-7-6-17(13-20(18)31-14)32-21-8-10-26-24(28-21)27-16-5-4-15-9-11-29(3)19(15)12-16/h4-8,10,12-14,22H,9,11H2,1-3H3,(H,25,30)(H,26,27,28). The van der Waals surface area contributed by atoms with Crippen molar-refractivity contribution in [2.75, 3.05) is 30.9 Å². The maximum Gasteiger partial charge on any atom is 0.231 e. The molecule has 2 aliphatic rings. The Hall–Kier alpha value is -3.81. The molecule has 164 valence electrons. The molecule has 5 rings (SSSR count). The van der Waals surface area contributed by atoms with Gasteiger partial charge < -0.3 is 25.0 Å². The lowest BCUT2D eigenvalue weighted by Gasteiger charge is -2.14. The van der Waals surface area contributed by atoms with Crippen molar-refractivity contribution in [1.82, 2.24) is 15.3 Å². The van der Waals surface area contributed by atoms with Crippen LogP contribution in [0.4, 0.5) is 17.3 Å². The van der Waals surface area contributed by atoms with Gasteiger partial charge in [0, 0.05) is 55.9 Å². The van der Waals surface area contributed by atoms with Crippen LogP contribution < -0.4 is 25.0 Å². The Morgan fingerprint density at radius 1 is 1.22 bits per heavy atom. The lowest BCUT2D eigenvalue weighted by molar-refractivity contribution is -0.123. The summed E-state index contributed by atoms with van der Waals surface area (Å²) in [7, 11) is 3.73. The second-order valence-electron chi connectivity index (χ2n) is 8.08. The molecule has 0 bridgehead atoms. The van der Waals surface area contributed by atoms with Crippen molar-refractivity contribution in [3.63, 3.8) is 0 Å². The Kier molecular flexibility index (Phi) is 5.05. The van der Waals surface area contributed by atoms with Crippen LogP contribution in [-0.2, 0) is 11.2 Å². The number of hydrogen-bond acceptors (Lipinski definition) is 7. The zero-order chi connectivity index (χ0) is 22.2. The molecule has 0 radical (unpaired) electrons. The maximum absolute atomic E-state index is 12.2. The molecule has 0 saturated heterocycles. The van der Waals surface area contributed by atoms with Gasteiger partial charge in [-0.1, -0.05) is 12.1 Å². The van der Waals surface area contributed by atoms with Crippen LogP contribution >= 0.6 is 0 Å². The van der Waals surface area contributed by atoms with E-state index in [2.05, 4.69) is 44.7 Å². The van der Waals surface area contributed by atoms with E-state index in [0.717, 1.165) is 24.2 Å². The van der Waals surface area contributed by atoms with Crippen molar-refractivity contribution in [3.05, 3.63) is 59.8 Å². The number of nitrogens with zero attached hydrogens (tertiary/aromatic N) is 3. The predicted octanol–water partition coefficient (Wildman–Crippen LogP) is 3.62. The number of hydrogen-bond donors (Lipinski definition) is 2. The van der Waals surface area contributed by atoms with Gasteiger partial charge in [0.1, 0.15) is 23.5 Å².